The van der Waals surface area contributed by atoms with E-state index in [2.05, 4.69) is 31.5 Å². The first-order valence-electron chi connectivity index (χ1n) is 6.24. The number of carbonyl (C=O) groups is 2. The summed E-state index contributed by atoms with van der Waals surface area (Å²) in [5, 5.41) is 14.6. The highest BCUT2D eigenvalue weighted by molar-refractivity contribution is 9.11. The van der Waals surface area contributed by atoms with E-state index < -0.39 is 5.97 Å². The highest BCUT2D eigenvalue weighted by Gasteiger charge is 2.16. The maximum Gasteiger partial charge on any atom is 0.321 e. The quantitative estimate of drug-likeness (QED) is 0.693. The lowest BCUT2D eigenvalue weighted by Gasteiger charge is -2.17. The third-order valence-electron chi connectivity index (χ3n) is 2.52. The summed E-state index contributed by atoms with van der Waals surface area (Å²) >= 11 is 4.57. The number of nitrogens with zero attached hydrogens (tertiary/aromatic N) is 1. The number of aromatic nitrogens is 1. The van der Waals surface area contributed by atoms with E-state index in [9.17, 15) is 9.59 Å². The van der Waals surface area contributed by atoms with Gasteiger partial charge in [-0.3, -0.25) is 10.1 Å². The number of rotatable bonds is 7. The number of carboxylic acid groups (broad SMARTS) is 1. The largest absolute Gasteiger partial charge is 0.481 e. The summed E-state index contributed by atoms with van der Waals surface area (Å²) in [5.74, 6) is -0.526. The van der Waals surface area contributed by atoms with E-state index in [1.165, 1.54) is 11.3 Å². The molecule has 0 bridgehead atoms. The van der Waals surface area contributed by atoms with Crippen molar-refractivity contribution in [1.29, 1.82) is 0 Å². The van der Waals surface area contributed by atoms with Crippen molar-refractivity contribution in [3.05, 3.63) is 9.98 Å². The zero-order valence-corrected chi connectivity index (χ0v) is 13.8. The van der Waals surface area contributed by atoms with E-state index in [-0.39, 0.29) is 18.4 Å². The van der Waals surface area contributed by atoms with Gasteiger partial charge in [-0.15, -0.1) is 0 Å². The molecule has 1 aromatic heterocycles. The lowest BCUT2D eigenvalue weighted by molar-refractivity contribution is -0.138. The number of hydrogen-bond donors (Lipinski definition) is 3. The molecule has 0 spiro atoms. The van der Waals surface area contributed by atoms with Crippen LogP contribution >= 0.6 is 27.3 Å². The van der Waals surface area contributed by atoms with Crippen LogP contribution in [0.3, 0.4) is 0 Å². The van der Waals surface area contributed by atoms with E-state index in [0.717, 1.165) is 10.2 Å². The van der Waals surface area contributed by atoms with Crippen LogP contribution in [0, 0.1) is 11.8 Å². The fraction of sp³-hybridized carbons (Fsp3) is 0.583. The van der Waals surface area contributed by atoms with Crippen molar-refractivity contribution in [3.8, 4) is 0 Å². The van der Waals surface area contributed by atoms with Crippen LogP contribution in [-0.2, 0) is 4.79 Å². The van der Waals surface area contributed by atoms with Gasteiger partial charge in [0.15, 0.2) is 5.13 Å². The molecule has 0 fully saturated rings. The number of urea groups is 1. The number of carbonyl (C=O) groups excluding carboxylic acids is 1. The van der Waals surface area contributed by atoms with Crippen molar-refractivity contribution in [1.82, 2.24) is 10.3 Å². The molecular weight excluding hydrogens is 346 g/mol. The Morgan fingerprint density at radius 2 is 2.20 bits per heavy atom. The Morgan fingerprint density at radius 3 is 2.70 bits per heavy atom. The minimum atomic E-state index is -0.846. The fourth-order valence-corrected chi connectivity index (χ4v) is 2.94. The van der Waals surface area contributed by atoms with Gasteiger partial charge in [0.2, 0.25) is 0 Å². The number of hydrogen-bond acceptors (Lipinski definition) is 4. The summed E-state index contributed by atoms with van der Waals surface area (Å²) in [6.07, 6.45) is 2.42. The first-order valence-corrected chi connectivity index (χ1v) is 7.85. The Morgan fingerprint density at radius 1 is 1.50 bits per heavy atom. The summed E-state index contributed by atoms with van der Waals surface area (Å²) < 4.78 is 0.830. The molecule has 0 saturated heterocycles. The molecule has 0 aliphatic heterocycles. The average Bonchev–Trinajstić information content (AvgIpc) is 2.70. The molecule has 2 amide bonds. The first kappa shape index (κ1) is 16.9. The molecule has 0 aromatic carbocycles. The molecular formula is C12H18BrN3O3S. The van der Waals surface area contributed by atoms with E-state index in [1.54, 1.807) is 6.20 Å². The SMILES string of the molecule is CC(C)C[C@H](CNC(=O)Nc1ncc(Br)s1)CC(=O)O. The predicted octanol–water partition coefficient (Wildman–Crippen LogP) is 3.16. The van der Waals surface area contributed by atoms with Gasteiger partial charge in [0.25, 0.3) is 0 Å². The smallest absolute Gasteiger partial charge is 0.321 e. The van der Waals surface area contributed by atoms with Gasteiger partial charge in [-0.2, -0.15) is 0 Å². The van der Waals surface area contributed by atoms with Gasteiger partial charge in [-0.25, -0.2) is 9.78 Å². The number of carboxylic acids is 1. The van der Waals surface area contributed by atoms with Gasteiger partial charge in [0.1, 0.15) is 0 Å². The maximum absolute atomic E-state index is 11.7. The van der Waals surface area contributed by atoms with Crippen LogP contribution in [0.2, 0.25) is 0 Å². The van der Waals surface area contributed by atoms with Crippen LogP contribution in [0.4, 0.5) is 9.93 Å². The Labute approximate surface area is 130 Å². The molecule has 1 heterocycles. The Hall–Kier alpha value is -1.15. The normalized spacial score (nSPS) is 12.2. The number of amides is 2. The molecule has 8 heteroatoms. The molecule has 0 saturated carbocycles. The van der Waals surface area contributed by atoms with Gasteiger partial charge < -0.3 is 10.4 Å². The Kier molecular flexibility index (Phi) is 6.94. The molecule has 3 N–H and O–H groups in total. The van der Waals surface area contributed by atoms with Crippen LogP contribution in [0.15, 0.2) is 9.98 Å². The number of nitrogens with one attached hydrogen (secondary N) is 2. The zero-order chi connectivity index (χ0) is 15.1. The Bertz CT molecular complexity index is 465. The third kappa shape index (κ3) is 6.85. The third-order valence-corrected chi connectivity index (χ3v) is 3.91. The zero-order valence-electron chi connectivity index (χ0n) is 11.4. The van der Waals surface area contributed by atoms with Crippen molar-refractivity contribution >= 4 is 44.4 Å². The molecule has 0 radical (unpaired) electrons. The molecule has 0 aliphatic rings. The van der Waals surface area contributed by atoms with E-state index in [1.807, 2.05) is 13.8 Å². The topological polar surface area (TPSA) is 91.3 Å². The highest BCUT2D eigenvalue weighted by Crippen LogP contribution is 2.23. The molecule has 1 aromatic rings. The predicted molar refractivity (Wildman–Crippen MR) is 82.0 cm³/mol. The van der Waals surface area contributed by atoms with Crippen molar-refractivity contribution in [2.75, 3.05) is 11.9 Å². The minimum absolute atomic E-state index is 0.0568. The lowest BCUT2D eigenvalue weighted by Crippen LogP contribution is -2.34. The second-order valence-electron chi connectivity index (χ2n) is 4.90. The standard InChI is InChI=1S/C12H18BrN3O3S/c1-7(2)3-8(4-10(17)18)5-14-11(19)16-12-15-6-9(13)20-12/h6-8H,3-5H2,1-2H3,(H,17,18)(H2,14,15,16,19)/t8-/m0/s1. The summed E-state index contributed by atoms with van der Waals surface area (Å²) in [6.45, 7) is 4.40. The molecule has 1 rings (SSSR count). The maximum atomic E-state index is 11.7. The first-order chi connectivity index (χ1) is 9.36. The molecule has 6 nitrogen and oxygen atoms in total. The fourth-order valence-electron chi connectivity index (χ4n) is 1.84. The van der Waals surface area contributed by atoms with Gasteiger partial charge in [-0.05, 0) is 34.2 Å². The van der Waals surface area contributed by atoms with Gasteiger partial charge >= 0.3 is 12.0 Å². The second-order valence-corrected chi connectivity index (χ2v) is 7.31. The minimum Gasteiger partial charge on any atom is -0.481 e. The molecule has 0 aliphatic carbocycles. The number of halogens is 1. The van der Waals surface area contributed by atoms with Gasteiger partial charge in [-0.1, -0.05) is 25.2 Å². The van der Waals surface area contributed by atoms with Crippen LogP contribution < -0.4 is 10.6 Å². The summed E-state index contributed by atoms with van der Waals surface area (Å²) in [6, 6.07) is -0.369. The van der Waals surface area contributed by atoms with E-state index in [0.29, 0.717) is 17.6 Å². The van der Waals surface area contributed by atoms with E-state index >= 15 is 0 Å². The van der Waals surface area contributed by atoms with Crippen LogP contribution in [0.5, 0.6) is 0 Å². The van der Waals surface area contributed by atoms with Crippen molar-refractivity contribution < 1.29 is 14.7 Å². The van der Waals surface area contributed by atoms with Crippen molar-refractivity contribution in [2.45, 2.75) is 26.7 Å². The average molecular weight is 364 g/mol. The van der Waals surface area contributed by atoms with Crippen LogP contribution in [0.1, 0.15) is 26.7 Å². The lowest BCUT2D eigenvalue weighted by atomic mass is 9.94. The monoisotopic (exact) mass is 363 g/mol. The summed E-state index contributed by atoms with van der Waals surface area (Å²) in [4.78, 5) is 26.5. The van der Waals surface area contributed by atoms with Crippen molar-refractivity contribution in [2.24, 2.45) is 11.8 Å². The van der Waals surface area contributed by atoms with Gasteiger partial charge in [0, 0.05) is 13.0 Å². The highest BCUT2D eigenvalue weighted by atomic mass is 79.9. The molecule has 112 valence electrons. The number of aliphatic carboxylic acids is 1. The molecule has 0 unspecified atom stereocenters. The second kappa shape index (κ2) is 8.21. The number of thiazole rings is 1. The number of anilines is 1. The molecule has 1 atom stereocenters. The van der Waals surface area contributed by atoms with Crippen LogP contribution in [0.25, 0.3) is 0 Å². The van der Waals surface area contributed by atoms with Crippen LogP contribution in [-0.4, -0.2) is 28.6 Å². The Balaban J connectivity index is 2.41. The molecule has 20 heavy (non-hydrogen) atoms. The van der Waals surface area contributed by atoms with E-state index in [4.69, 9.17) is 5.11 Å². The van der Waals surface area contributed by atoms with Gasteiger partial charge in [0.05, 0.1) is 9.98 Å². The summed E-state index contributed by atoms with van der Waals surface area (Å²) in [5.41, 5.74) is 0. The summed E-state index contributed by atoms with van der Waals surface area (Å²) in [7, 11) is 0. The van der Waals surface area contributed by atoms with Crippen molar-refractivity contribution in [3.63, 3.8) is 0 Å².